The summed E-state index contributed by atoms with van der Waals surface area (Å²) in [6.45, 7) is 2.70. The quantitative estimate of drug-likeness (QED) is 0.236. The predicted molar refractivity (Wildman–Crippen MR) is 137 cm³/mol. The maximum atomic E-state index is 13.8. The van der Waals surface area contributed by atoms with Crippen molar-refractivity contribution in [3.8, 4) is 5.75 Å². The molecule has 0 aliphatic carbocycles. The molecule has 0 bridgehead atoms. The molecular formula is C28H21FOS2. The zero-order valence-corrected chi connectivity index (χ0v) is 19.3. The van der Waals surface area contributed by atoms with Gasteiger partial charge in [-0.05, 0) is 83.3 Å². The first-order valence-electron chi connectivity index (χ1n) is 10.9. The Balaban J connectivity index is 1.36. The van der Waals surface area contributed by atoms with Gasteiger partial charge < -0.3 is 4.74 Å². The highest BCUT2D eigenvalue weighted by molar-refractivity contribution is 7.20. The summed E-state index contributed by atoms with van der Waals surface area (Å²) in [4.78, 5) is 1.40. The largest absolute Gasteiger partial charge is 0.494 e. The van der Waals surface area contributed by atoms with Crippen LogP contribution in [0.3, 0.4) is 0 Å². The Morgan fingerprint density at radius 2 is 1.31 bits per heavy atom. The third kappa shape index (κ3) is 3.44. The number of aryl methyl sites for hydroxylation is 2. The topological polar surface area (TPSA) is 9.23 Å². The molecule has 0 saturated heterocycles. The second-order valence-electron chi connectivity index (χ2n) is 8.10. The van der Waals surface area contributed by atoms with Crippen molar-refractivity contribution in [2.24, 2.45) is 0 Å². The third-order valence-corrected chi connectivity index (χ3v) is 8.25. The van der Waals surface area contributed by atoms with Crippen LogP contribution in [0, 0.1) is 5.13 Å². The molecule has 0 aliphatic rings. The average Bonchev–Trinajstić information content (AvgIpc) is 3.40. The summed E-state index contributed by atoms with van der Waals surface area (Å²) < 4.78 is 21.8. The molecule has 0 atom stereocenters. The fourth-order valence-electron chi connectivity index (χ4n) is 4.47. The van der Waals surface area contributed by atoms with Gasteiger partial charge >= 0.3 is 0 Å². The van der Waals surface area contributed by atoms with Crippen LogP contribution in [0.5, 0.6) is 5.75 Å². The molecule has 0 amide bonds. The molecule has 0 unspecified atom stereocenters. The minimum Gasteiger partial charge on any atom is -0.494 e. The van der Waals surface area contributed by atoms with E-state index in [-0.39, 0.29) is 5.13 Å². The Labute approximate surface area is 193 Å². The molecule has 32 heavy (non-hydrogen) atoms. The lowest BCUT2D eigenvalue weighted by Gasteiger charge is -2.05. The molecule has 0 N–H and O–H groups in total. The Hall–Kier alpha value is -2.95. The SMILES string of the molecule is CCOc1ccc(CCc2cc3ccc4cc5c(ccc6cc(F)sc65)cc4c3s2)cc1. The molecule has 0 saturated carbocycles. The van der Waals surface area contributed by atoms with Gasteiger partial charge in [-0.1, -0.05) is 36.4 Å². The van der Waals surface area contributed by atoms with Gasteiger partial charge in [0.25, 0.3) is 0 Å². The molecule has 6 aromatic rings. The van der Waals surface area contributed by atoms with Crippen LogP contribution in [0.2, 0.25) is 0 Å². The Kier molecular flexibility index (Phi) is 4.85. The van der Waals surface area contributed by atoms with Gasteiger partial charge in [0.2, 0.25) is 0 Å². The van der Waals surface area contributed by atoms with Gasteiger partial charge in [0, 0.05) is 25.0 Å². The second kappa shape index (κ2) is 7.88. The summed E-state index contributed by atoms with van der Waals surface area (Å²) in [6.07, 6.45) is 2.04. The van der Waals surface area contributed by atoms with E-state index in [2.05, 4.69) is 60.7 Å². The maximum Gasteiger partial charge on any atom is 0.177 e. The summed E-state index contributed by atoms with van der Waals surface area (Å²) >= 11 is 3.13. The van der Waals surface area contributed by atoms with Gasteiger partial charge in [-0.25, -0.2) is 0 Å². The molecule has 0 spiro atoms. The first kappa shape index (κ1) is 19.7. The number of hydrogen-bond acceptors (Lipinski definition) is 3. The standard InChI is InChI=1S/C28H21FOS2/c1-2-30-22-10-3-17(4-11-22)5-12-23-13-20-8-6-18-15-25-19(14-24(18)27(20)31-23)7-9-21-16-26(29)32-28(21)25/h3-4,6-11,13-16H,2,5,12H2,1H3. The molecule has 0 aliphatic heterocycles. The maximum absolute atomic E-state index is 13.8. The van der Waals surface area contributed by atoms with Crippen molar-refractivity contribution < 1.29 is 9.13 Å². The van der Waals surface area contributed by atoms with E-state index >= 15 is 0 Å². The lowest BCUT2D eigenvalue weighted by atomic mass is 10.0. The zero-order chi connectivity index (χ0) is 21.7. The van der Waals surface area contributed by atoms with Crippen molar-refractivity contribution in [2.45, 2.75) is 19.8 Å². The molecular weight excluding hydrogens is 435 g/mol. The molecule has 0 radical (unpaired) electrons. The number of halogens is 1. The highest BCUT2D eigenvalue weighted by Crippen LogP contribution is 2.38. The Morgan fingerprint density at radius 1 is 0.688 bits per heavy atom. The molecule has 0 fully saturated rings. The number of rotatable bonds is 5. The van der Waals surface area contributed by atoms with Crippen LogP contribution in [-0.2, 0) is 12.8 Å². The van der Waals surface area contributed by atoms with Crippen LogP contribution in [0.4, 0.5) is 4.39 Å². The van der Waals surface area contributed by atoms with E-state index in [1.807, 2.05) is 24.3 Å². The predicted octanol–water partition coefficient (Wildman–Crippen LogP) is 8.75. The van der Waals surface area contributed by atoms with Crippen LogP contribution < -0.4 is 4.74 Å². The van der Waals surface area contributed by atoms with E-state index in [0.717, 1.165) is 34.1 Å². The molecule has 4 heteroatoms. The van der Waals surface area contributed by atoms with Gasteiger partial charge in [0.05, 0.1) is 6.61 Å². The molecule has 6 rings (SSSR count). The Morgan fingerprint density at radius 3 is 2.00 bits per heavy atom. The van der Waals surface area contributed by atoms with Crippen LogP contribution >= 0.6 is 22.7 Å². The Bertz CT molecular complexity index is 1590. The fraction of sp³-hybridized carbons (Fsp3) is 0.143. The van der Waals surface area contributed by atoms with Crippen molar-refractivity contribution in [2.75, 3.05) is 6.61 Å². The van der Waals surface area contributed by atoms with Gasteiger partial charge in [-0.15, -0.1) is 22.7 Å². The minimum absolute atomic E-state index is 0.126. The van der Waals surface area contributed by atoms with Crippen LogP contribution in [0.1, 0.15) is 17.4 Å². The van der Waals surface area contributed by atoms with E-state index in [4.69, 9.17) is 4.74 Å². The average molecular weight is 457 g/mol. The summed E-state index contributed by atoms with van der Waals surface area (Å²) in [7, 11) is 0. The third-order valence-electron chi connectivity index (χ3n) is 6.03. The second-order valence-corrected chi connectivity index (χ2v) is 10.2. The highest BCUT2D eigenvalue weighted by Gasteiger charge is 2.11. The summed E-state index contributed by atoms with van der Waals surface area (Å²) in [6, 6.07) is 25.4. The lowest BCUT2D eigenvalue weighted by Crippen LogP contribution is -1.92. The van der Waals surface area contributed by atoms with E-state index in [0.29, 0.717) is 6.61 Å². The van der Waals surface area contributed by atoms with Gasteiger partial charge in [-0.3, -0.25) is 0 Å². The number of ether oxygens (including phenoxy) is 1. The van der Waals surface area contributed by atoms with Gasteiger partial charge in [0.15, 0.2) is 5.13 Å². The zero-order valence-electron chi connectivity index (χ0n) is 17.7. The van der Waals surface area contributed by atoms with E-state index in [1.54, 1.807) is 6.07 Å². The monoisotopic (exact) mass is 456 g/mol. The number of fused-ring (bicyclic) bond motifs is 6. The molecule has 2 heterocycles. The van der Waals surface area contributed by atoms with Crippen molar-refractivity contribution in [1.29, 1.82) is 0 Å². The van der Waals surface area contributed by atoms with Crippen molar-refractivity contribution in [1.82, 2.24) is 0 Å². The highest BCUT2D eigenvalue weighted by atomic mass is 32.1. The molecule has 1 nitrogen and oxygen atoms in total. The first-order chi connectivity index (χ1) is 15.7. The van der Waals surface area contributed by atoms with Crippen molar-refractivity contribution >= 4 is 64.4 Å². The van der Waals surface area contributed by atoms with E-state index in [1.165, 1.54) is 48.0 Å². The molecule has 4 aromatic carbocycles. The normalized spacial score (nSPS) is 11.8. The van der Waals surface area contributed by atoms with E-state index in [9.17, 15) is 4.39 Å². The summed E-state index contributed by atoms with van der Waals surface area (Å²) in [5, 5.41) is 6.95. The van der Waals surface area contributed by atoms with Crippen molar-refractivity contribution in [3.63, 3.8) is 0 Å². The van der Waals surface area contributed by atoms with Gasteiger partial charge in [0.1, 0.15) is 5.75 Å². The van der Waals surface area contributed by atoms with Crippen LogP contribution in [-0.4, -0.2) is 6.61 Å². The molecule has 2 aromatic heterocycles. The summed E-state index contributed by atoms with van der Waals surface area (Å²) in [5.74, 6) is 0.930. The van der Waals surface area contributed by atoms with Gasteiger partial charge in [-0.2, -0.15) is 4.39 Å². The smallest absolute Gasteiger partial charge is 0.177 e. The van der Waals surface area contributed by atoms with E-state index < -0.39 is 0 Å². The minimum atomic E-state index is -0.126. The number of thiophene rings is 2. The van der Waals surface area contributed by atoms with Crippen LogP contribution in [0.15, 0.2) is 72.8 Å². The molecule has 158 valence electrons. The lowest BCUT2D eigenvalue weighted by molar-refractivity contribution is 0.340. The van der Waals surface area contributed by atoms with Crippen molar-refractivity contribution in [3.05, 3.63) is 88.4 Å². The van der Waals surface area contributed by atoms with Crippen LogP contribution in [0.25, 0.3) is 41.7 Å². The summed E-state index contributed by atoms with van der Waals surface area (Å²) in [5.41, 5.74) is 1.33. The number of hydrogen-bond donors (Lipinski definition) is 0. The first-order valence-corrected chi connectivity index (χ1v) is 12.5. The fourth-order valence-corrected chi connectivity index (χ4v) is 6.57. The number of benzene rings is 4.